The third-order valence-corrected chi connectivity index (χ3v) is 2.81. The summed E-state index contributed by atoms with van der Waals surface area (Å²) in [6, 6.07) is 0.285. The van der Waals surface area contributed by atoms with Gasteiger partial charge < -0.3 is 0 Å². The Bertz CT molecular complexity index is 321. The fourth-order valence-corrected chi connectivity index (χ4v) is 2.04. The normalized spacial score (nSPS) is 23.5. The third kappa shape index (κ3) is 1.99. The van der Waals surface area contributed by atoms with Crippen molar-refractivity contribution in [1.29, 1.82) is 0 Å². The zero-order chi connectivity index (χ0) is 9.26. The van der Waals surface area contributed by atoms with Gasteiger partial charge in [0.05, 0.1) is 16.7 Å². The molecule has 3 nitrogen and oxygen atoms in total. The van der Waals surface area contributed by atoms with Gasteiger partial charge in [-0.2, -0.15) is 5.10 Å². The summed E-state index contributed by atoms with van der Waals surface area (Å²) in [5.41, 5.74) is 0. The predicted molar refractivity (Wildman–Crippen MR) is 52.4 cm³/mol. The number of carbonyl (C=O) groups excluding carboxylic acids is 1. The Kier molecular flexibility index (Phi) is 2.49. The van der Waals surface area contributed by atoms with E-state index in [0.29, 0.717) is 12.2 Å². The van der Waals surface area contributed by atoms with E-state index >= 15 is 0 Å². The monoisotopic (exact) mass is 242 g/mol. The van der Waals surface area contributed by atoms with Crippen LogP contribution in [0.2, 0.25) is 0 Å². The molecule has 0 radical (unpaired) electrons. The van der Waals surface area contributed by atoms with E-state index in [4.69, 9.17) is 0 Å². The maximum Gasteiger partial charge on any atom is 0.135 e. The Labute approximate surface area is 85.3 Å². The lowest BCUT2D eigenvalue weighted by Crippen LogP contribution is -2.19. The molecule has 0 spiro atoms. The van der Waals surface area contributed by atoms with Gasteiger partial charge in [-0.15, -0.1) is 0 Å². The second-order valence-corrected chi connectivity index (χ2v) is 4.34. The van der Waals surface area contributed by atoms with E-state index in [1.807, 2.05) is 10.9 Å². The quantitative estimate of drug-likeness (QED) is 0.758. The molecule has 1 heterocycles. The lowest BCUT2D eigenvalue weighted by Gasteiger charge is -2.20. The molecule has 0 amide bonds. The van der Waals surface area contributed by atoms with Crippen LogP contribution in [0, 0.1) is 0 Å². The molecule has 1 aliphatic rings. The fraction of sp³-hybridized carbons (Fsp3) is 0.556. The van der Waals surface area contributed by atoms with Crippen LogP contribution in [-0.4, -0.2) is 15.6 Å². The lowest BCUT2D eigenvalue weighted by atomic mass is 9.94. The van der Waals surface area contributed by atoms with Crippen molar-refractivity contribution in [2.24, 2.45) is 0 Å². The highest BCUT2D eigenvalue weighted by molar-refractivity contribution is 9.10. The van der Waals surface area contributed by atoms with Crippen LogP contribution in [0.1, 0.15) is 31.7 Å². The molecule has 1 saturated carbocycles. The molecule has 1 aromatic rings. The van der Waals surface area contributed by atoms with Gasteiger partial charge in [-0.05, 0) is 28.8 Å². The van der Waals surface area contributed by atoms with Gasteiger partial charge in [0.1, 0.15) is 5.78 Å². The molecule has 2 rings (SSSR count). The maximum atomic E-state index is 11.2. The number of ketones is 1. The van der Waals surface area contributed by atoms with Gasteiger partial charge in [-0.3, -0.25) is 9.48 Å². The summed E-state index contributed by atoms with van der Waals surface area (Å²) < 4.78 is 2.87. The van der Waals surface area contributed by atoms with Crippen molar-refractivity contribution in [3.63, 3.8) is 0 Å². The van der Waals surface area contributed by atoms with Crippen molar-refractivity contribution in [1.82, 2.24) is 9.78 Å². The van der Waals surface area contributed by atoms with Gasteiger partial charge in [0.15, 0.2) is 0 Å². The highest BCUT2D eigenvalue weighted by Gasteiger charge is 2.21. The molecule has 1 atom stereocenters. The van der Waals surface area contributed by atoms with Crippen LogP contribution >= 0.6 is 15.9 Å². The zero-order valence-corrected chi connectivity index (χ0v) is 8.83. The highest BCUT2D eigenvalue weighted by Crippen LogP contribution is 2.26. The van der Waals surface area contributed by atoms with Gasteiger partial charge in [-0.1, -0.05) is 0 Å². The van der Waals surface area contributed by atoms with E-state index in [-0.39, 0.29) is 6.04 Å². The first-order valence-corrected chi connectivity index (χ1v) is 5.26. The number of carbonyl (C=O) groups is 1. The molecule has 1 fully saturated rings. The highest BCUT2D eigenvalue weighted by atomic mass is 79.9. The second-order valence-electron chi connectivity index (χ2n) is 3.43. The second kappa shape index (κ2) is 3.62. The van der Waals surface area contributed by atoms with Crippen molar-refractivity contribution in [2.75, 3.05) is 0 Å². The first-order valence-electron chi connectivity index (χ1n) is 4.47. The van der Waals surface area contributed by atoms with Crippen LogP contribution in [0.4, 0.5) is 0 Å². The Morgan fingerprint density at radius 2 is 2.46 bits per heavy atom. The average Bonchev–Trinajstić information content (AvgIpc) is 2.52. The van der Waals surface area contributed by atoms with Crippen LogP contribution in [0.3, 0.4) is 0 Å². The molecule has 13 heavy (non-hydrogen) atoms. The van der Waals surface area contributed by atoms with Gasteiger partial charge in [0, 0.05) is 19.0 Å². The summed E-state index contributed by atoms with van der Waals surface area (Å²) in [7, 11) is 0. The minimum absolute atomic E-state index is 0.285. The number of hydrogen-bond donors (Lipinski definition) is 0. The third-order valence-electron chi connectivity index (χ3n) is 2.40. The summed E-state index contributed by atoms with van der Waals surface area (Å²) in [5.74, 6) is 0.364. The molecule has 0 aliphatic heterocycles. The van der Waals surface area contributed by atoms with Crippen molar-refractivity contribution in [3.8, 4) is 0 Å². The van der Waals surface area contributed by atoms with Crippen molar-refractivity contribution >= 4 is 21.7 Å². The van der Waals surface area contributed by atoms with E-state index in [1.54, 1.807) is 6.20 Å². The van der Waals surface area contributed by atoms with E-state index < -0.39 is 0 Å². The molecule has 0 bridgehead atoms. The first kappa shape index (κ1) is 8.94. The molecule has 0 aromatic carbocycles. The minimum Gasteiger partial charge on any atom is -0.300 e. The first-order chi connectivity index (χ1) is 6.25. The maximum absolute atomic E-state index is 11.2. The molecule has 0 N–H and O–H groups in total. The van der Waals surface area contributed by atoms with Gasteiger partial charge in [0.2, 0.25) is 0 Å². The van der Waals surface area contributed by atoms with Crippen molar-refractivity contribution in [2.45, 2.75) is 31.7 Å². The van der Waals surface area contributed by atoms with E-state index in [9.17, 15) is 4.79 Å². The Balaban J connectivity index is 2.12. The molecule has 4 heteroatoms. The van der Waals surface area contributed by atoms with E-state index in [1.165, 1.54) is 0 Å². The Hall–Kier alpha value is -0.640. The fourth-order valence-electron chi connectivity index (χ4n) is 1.74. The molecule has 1 aliphatic carbocycles. The number of aromatic nitrogens is 2. The largest absolute Gasteiger partial charge is 0.300 e. The molecule has 0 saturated heterocycles. The molecule has 1 aromatic heterocycles. The van der Waals surface area contributed by atoms with Crippen molar-refractivity contribution < 1.29 is 4.79 Å². The van der Waals surface area contributed by atoms with Gasteiger partial charge >= 0.3 is 0 Å². The zero-order valence-electron chi connectivity index (χ0n) is 7.24. The summed E-state index contributed by atoms with van der Waals surface area (Å²) in [6.07, 6.45) is 7.16. The van der Waals surface area contributed by atoms with Crippen molar-refractivity contribution in [3.05, 3.63) is 16.9 Å². The van der Waals surface area contributed by atoms with E-state index in [2.05, 4.69) is 21.0 Å². The van der Waals surface area contributed by atoms with Crippen LogP contribution in [-0.2, 0) is 4.79 Å². The molecule has 70 valence electrons. The molecular weight excluding hydrogens is 232 g/mol. The van der Waals surface area contributed by atoms with Gasteiger partial charge in [0.25, 0.3) is 0 Å². The number of hydrogen-bond acceptors (Lipinski definition) is 2. The molecule has 1 unspecified atom stereocenters. The van der Waals surface area contributed by atoms with Crippen LogP contribution in [0.15, 0.2) is 16.9 Å². The topological polar surface area (TPSA) is 34.9 Å². The summed E-state index contributed by atoms with van der Waals surface area (Å²) in [6.45, 7) is 0. The van der Waals surface area contributed by atoms with Crippen LogP contribution in [0.25, 0.3) is 0 Å². The summed E-state index contributed by atoms with van der Waals surface area (Å²) in [5, 5.41) is 4.19. The minimum atomic E-state index is 0.285. The Morgan fingerprint density at radius 3 is 3.08 bits per heavy atom. The number of rotatable bonds is 1. The number of Topliss-reactive ketones (excluding diaryl/α,β-unsaturated/α-hetero) is 1. The van der Waals surface area contributed by atoms with Gasteiger partial charge in [-0.25, -0.2) is 0 Å². The SMILES string of the molecule is O=C1CCCC(n2cc(Br)cn2)C1. The Morgan fingerprint density at radius 1 is 1.62 bits per heavy atom. The summed E-state index contributed by atoms with van der Waals surface area (Å²) >= 11 is 3.35. The number of halogens is 1. The standard InChI is InChI=1S/C9H11BrN2O/c10-7-5-11-12(6-7)8-2-1-3-9(13)4-8/h5-6,8H,1-4H2. The predicted octanol–water partition coefficient (Wildman–Crippen LogP) is 2.33. The molecular formula is C9H11BrN2O. The number of nitrogens with zero attached hydrogens (tertiary/aromatic N) is 2. The van der Waals surface area contributed by atoms with Crippen LogP contribution < -0.4 is 0 Å². The summed E-state index contributed by atoms with van der Waals surface area (Å²) in [4.78, 5) is 11.2. The van der Waals surface area contributed by atoms with E-state index in [0.717, 1.165) is 23.7 Å². The average molecular weight is 243 g/mol. The lowest BCUT2D eigenvalue weighted by molar-refractivity contribution is -0.121. The smallest absolute Gasteiger partial charge is 0.135 e. The van der Waals surface area contributed by atoms with Crippen LogP contribution in [0.5, 0.6) is 0 Å².